The summed E-state index contributed by atoms with van der Waals surface area (Å²) in [5.74, 6) is -2.03. The summed E-state index contributed by atoms with van der Waals surface area (Å²) in [4.78, 5) is 34.1. The molecule has 6 nitrogen and oxygen atoms in total. The number of nitrogens with one attached hydrogen (secondary N) is 1. The van der Waals surface area contributed by atoms with E-state index in [9.17, 15) is 24.1 Å². The van der Waals surface area contributed by atoms with Gasteiger partial charge < -0.3 is 5.32 Å². The Balaban J connectivity index is 2.31. The first-order chi connectivity index (χ1) is 11.8. The molecule has 0 fully saturated rings. The molecule has 0 aliphatic heterocycles. The summed E-state index contributed by atoms with van der Waals surface area (Å²) >= 11 is 5.90. The van der Waals surface area contributed by atoms with Crippen molar-refractivity contribution in [3.8, 4) is 0 Å². The Morgan fingerprint density at radius 1 is 1.20 bits per heavy atom. The van der Waals surface area contributed by atoms with Crippen molar-refractivity contribution in [2.75, 3.05) is 5.32 Å². The van der Waals surface area contributed by atoms with Gasteiger partial charge in [0.05, 0.1) is 15.5 Å². The van der Waals surface area contributed by atoms with E-state index in [4.69, 9.17) is 11.6 Å². The lowest BCUT2D eigenvalue weighted by Crippen LogP contribution is -2.19. The fraction of sp³-hybridized carbons (Fsp3) is 0.0588. The molecule has 0 saturated carbocycles. The van der Waals surface area contributed by atoms with Gasteiger partial charge in [-0.1, -0.05) is 17.7 Å². The number of rotatable bonds is 5. The molecule has 0 aromatic heterocycles. The summed E-state index contributed by atoms with van der Waals surface area (Å²) in [5.41, 5.74) is -0.264. The highest BCUT2D eigenvalue weighted by atomic mass is 35.5. The molecule has 2 aromatic carbocycles. The molecular weight excluding hydrogens is 351 g/mol. The van der Waals surface area contributed by atoms with Crippen molar-refractivity contribution in [2.24, 2.45) is 0 Å². The summed E-state index contributed by atoms with van der Waals surface area (Å²) in [7, 11) is 0. The van der Waals surface area contributed by atoms with Crippen LogP contribution in [-0.2, 0) is 9.59 Å². The molecule has 0 heterocycles. The molecule has 0 saturated heterocycles. The minimum absolute atomic E-state index is 0.0573. The Morgan fingerprint density at radius 3 is 2.36 bits per heavy atom. The topological polar surface area (TPSA) is 89.3 Å². The number of hydrogen-bond donors (Lipinski definition) is 1. The smallest absolute Gasteiger partial charge is 0.269 e. The largest absolute Gasteiger partial charge is 0.322 e. The Kier molecular flexibility index (Phi) is 5.61. The lowest BCUT2D eigenvalue weighted by Gasteiger charge is -2.08. The van der Waals surface area contributed by atoms with Gasteiger partial charge in [0.1, 0.15) is 5.82 Å². The van der Waals surface area contributed by atoms with Gasteiger partial charge in [-0.05, 0) is 37.3 Å². The average molecular weight is 363 g/mol. The number of hydrogen-bond acceptors (Lipinski definition) is 4. The zero-order valence-electron chi connectivity index (χ0n) is 13.0. The number of carbonyl (C=O) groups is 2. The fourth-order valence-electron chi connectivity index (χ4n) is 1.98. The number of anilines is 1. The zero-order chi connectivity index (χ0) is 18.6. The number of non-ortho nitro benzene ring substituents is 1. The monoisotopic (exact) mass is 362 g/mol. The van der Waals surface area contributed by atoms with Crippen LogP contribution in [0, 0.1) is 15.9 Å². The highest BCUT2D eigenvalue weighted by Gasteiger charge is 2.17. The van der Waals surface area contributed by atoms with Crippen LogP contribution >= 0.6 is 11.6 Å². The van der Waals surface area contributed by atoms with Crippen LogP contribution in [0.25, 0.3) is 6.08 Å². The zero-order valence-corrected chi connectivity index (χ0v) is 13.7. The molecule has 2 aromatic rings. The van der Waals surface area contributed by atoms with Crippen molar-refractivity contribution in [2.45, 2.75) is 6.92 Å². The van der Waals surface area contributed by atoms with Crippen LogP contribution < -0.4 is 5.32 Å². The van der Waals surface area contributed by atoms with Gasteiger partial charge in [0, 0.05) is 23.4 Å². The van der Waals surface area contributed by atoms with Gasteiger partial charge in [-0.25, -0.2) is 4.39 Å². The number of halogens is 2. The van der Waals surface area contributed by atoms with Crippen molar-refractivity contribution >= 4 is 40.7 Å². The molecule has 2 rings (SSSR count). The van der Waals surface area contributed by atoms with Gasteiger partial charge in [0.15, 0.2) is 5.78 Å². The van der Waals surface area contributed by atoms with Gasteiger partial charge in [0.2, 0.25) is 0 Å². The van der Waals surface area contributed by atoms with Crippen molar-refractivity contribution in [1.82, 2.24) is 0 Å². The van der Waals surface area contributed by atoms with Crippen LogP contribution in [0.5, 0.6) is 0 Å². The lowest BCUT2D eigenvalue weighted by atomic mass is 10.1. The number of amides is 1. The molecule has 0 aliphatic rings. The van der Waals surface area contributed by atoms with E-state index in [2.05, 4.69) is 5.32 Å². The van der Waals surface area contributed by atoms with Crippen molar-refractivity contribution < 1.29 is 18.9 Å². The third-order valence-corrected chi connectivity index (χ3v) is 3.58. The first kappa shape index (κ1) is 18.3. The number of nitro groups is 1. The highest BCUT2D eigenvalue weighted by molar-refractivity contribution is 6.33. The van der Waals surface area contributed by atoms with Crippen molar-refractivity contribution in [1.29, 1.82) is 0 Å². The highest BCUT2D eigenvalue weighted by Crippen LogP contribution is 2.23. The third-order valence-electron chi connectivity index (χ3n) is 3.25. The number of ketones is 1. The third kappa shape index (κ3) is 4.48. The van der Waals surface area contributed by atoms with Gasteiger partial charge in [-0.2, -0.15) is 0 Å². The molecule has 0 atom stereocenters. The number of nitrogens with zero attached hydrogens (tertiary/aromatic N) is 1. The SMILES string of the molecule is CC(=O)/C(=C\c1c(F)cccc1Cl)C(=O)Nc1ccc([N+](=O)[O-])cc1. The Bertz CT molecular complexity index is 858. The second-order valence-electron chi connectivity index (χ2n) is 5.01. The van der Waals surface area contributed by atoms with Gasteiger partial charge >= 0.3 is 0 Å². The first-order valence-corrected chi connectivity index (χ1v) is 7.40. The lowest BCUT2D eigenvalue weighted by molar-refractivity contribution is -0.384. The maximum absolute atomic E-state index is 13.8. The second kappa shape index (κ2) is 7.67. The van der Waals surface area contributed by atoms with Crippen LogP contribution in [0.4, 0.5) is 15.8 Å². The van der Waals surface area contributed by atoms with Gasteiger partial charge in [-0.15, -0.1) is 0 Å². The van der Waals surface area contributed by atoms with Crippen LogP contribution in [0.1, 0.15) is 12.5 Å². The summed E-state index contributed by atoms with van der Waals surface area (Å²) in [6.45, 7) is 1.16. The van der Waals surface area contributed by atoms with Gasteiger partial charge in [-0.3, -0.25) is 19.7 Å². The molecule has 128 valence electrons. The maximum Gasteiger partial charge on any atom is 0.269 e. The molecule has 25 heavy (non-hydrogen) atoms. The van der Waals surface area contributed by atoms with Crippen LogP contribution in [0.15, 0.2) is 48.0 Å². The molecular formula is C17H12ClFN2O4. The molecule has 0 spiro atoms. The van der Waals surface area contributed by atoms with E-state index in [1.54, 1.807) is 0 Å². The van der Waals surface area contributed by atoms with Crippen LogP contribution in [-0.4, -0.2) is 16.6 Å². The quantitative estimate of drug-likeness (QED) is 0.286. The molecule has 1 N–H and O–H groups in total. The minimum atomic E-state index is -0.777. The normalized spacial score (nSPS) is 11.1. The standard InChI is InChI=1S/C17H12ClFN2O4/c1-10(22)13(9-14-15(18)3-2-4-16(14)19)17(23)20-11-5-7-12(8-6-11)21(24)25/h2-9H,1H3,(H,20,23)/b13-9+. The van der Waals surface area contributed by atoms with Crippen LogP contribution in [0.2, 0.25) is 5.02 Å². The van der Waals surface area contributed by atoms with E-state index in [0.29, 0.717) is 0 Å². The average Bonchev–Trinajstić information content (AvgIpc) is 2.54. The maximum atomic E-state index is 13.8. The first-order valence-electron chi connectivity index (χ1n) is 7.02. The molecule has 0 bridgehead atoms. The molecule has 0 radical (unpaired) electrons. The number of benzene rings is 2. The van der Waals surface area contributed by atoms with Crippen LogP contribution in [0.3, 0.4) is 0 Å². The molecule has 8 heteroatoms. The fourth-order valence-corrected chi connectivity index (χ4v) is 2.20. The predicted molar refractivity (Wildman–Crippen MR) is 91.8 cm³/mol. The molecule has 0 aliphatic carbocycles. The second-order valence-corrected chi connectivity index (χ2v) is 5.41. The number of Topliss-reactive ketones (excluding diaryl/α,β-unsaturated/α-hetero) is 1. The summed E-state index contributed by atoms with van der Waals surface area (Å²) in [6, 6.07) is 9.06. The predicted octanol–water partition coefficient (Wildman–Crippen LogP) is 4.00. The van der Waals surface area contributed by atoms with E-state index in [1.807, 2.05) is 0 Å². The number of carbonyl (C=O) groups excluding carboxylic acids is 2. The Morgan fingerprint density at radius 2 is 1.84 bits per heavy atom. The summed E-state index contributed by atoms with van der Waals surface area (Å²) < 4.78 is 13.8. The molecule has 0 unspecified atom stereocenters. The Labute approximate surface area is 147 Å². The molecule has 1 amide bonds. The number of nitro benzene ring substituents is 1. The van der Waals surface area contributed by atoms with E-state index in [1.165, 1.54) is 36.4 Å². The van der Waals surface area contributed by atoms with Gasteiger partial charge in [0.25, 0.3) is 11.6 Å². The van der Waals surface area contributed by atoms with Crippen molar-refractivity contribution in [3.05, 3.63) is 74.6 Å². The van der Waals surface area contributed by atoms with E-state index >= 15 is 0 Å². The van der Waals surface area contributed by atoms with E-state index < -0.39 is 22.4 Å². The van der Waals surface area contributed by atoms with Crippen molar-refractivity contribution in [3.63, 3.8) is 0 Å². The minimum Gasteiger partial charge on any atom is -0.322 e. The summed E-state index contributed by atoms with van der Waals surface area (Å²) in [5, 5.41) is 13.1. The summed E-state index contributed by atoms with van der Waals surface area (Å²) in [6.07, 6.45) is 1.07. The van der Waals surface area contributed by atoms with E-state index in [-0.39, 0.29) is 27.5 Å². The Hall–Kier alpha value is -3.06. The van der Waals surface area contributed by atoms with E-state index in [0.717, 1.165) is 19.1 Å².